The van der Waals surface area contributed by atoms with Gasteiger partial charge in [0, 0.05) is 56.4 Å². The van der Waals surface area contributed by atoms with Gasteiger partial charge >= 0.3 is 5.69 Å². The van der Waals surface area contributed by atoms with Crippen LogP contribution in [-0.2, 0) is 17.8 Å². The van der Waals surface area contributed by atoms with Crippen LogP contribution in [-0.4, -0.2) is 136 Å². The summed E-state index contributed by atoms with van der Waals surface area (Å²) in [7, 11) is 21.1. The molecule has 0 saturated heterocycles. The second-order valence-electron chi connectivity index (χ2n) is 15.9. The van der Waals surface area contributed by atoms with Crippen molar-refractivity contribution in [2.45, 2.75) is 35.2 Å². The van der Waals surface area contributed by atoms with Crippen LogP contribution in [0.2, 0.25) is 0 Å². The Kier molecular flexibility index (Phi) is 10.3. The summed E-state index contributed by atoms with van der Waals surface area (Å²) in [6.45, 7) is 5.64. The first kappa shape index (κ1) is 37.1. The summed E-state index contributed by atoms with van der Waals surface area (Å²) >= 11 is 0. The summed E-state index contributed by atoms with van der Waals surface area (Å²) < 4.78 is 24.3. The van der Waals surface area contributed by atoms with E-state index in [1.165, 1.54) is 22.8 Å². The van der Waals surface area contributed by atoms with Crippen molar-refractivity contribution in [3.63, 3.8) is 0 Å². The summed E-state index contributed by atoms with van der Waals surface area (Å²) in [4.78, 5) is 40.0. The van der Waals surface area contributed by atoms with E-state index < -0.39 is 11.1 Å². The van der Waals surface area contributed by atoms with Crippen molar-refractivity contribution >= 4 is 111 Å². The zero-order valence-electron chi connectivity index (χ0n) is 31.1. The minimum Gasteiger partial charge on any atom is -0.511 e. The normalized spacial score (nSPS) is 13.3. The maximum absolute atomic E-state index is 14.7. The number of nitrogens with zero attached hydrogens (tertiary/aromatic N) is 6. The van der Waals surface area contributed by atoms with Crippen molar-refractivity contribution in [3.8, 4) is 11.6 Å². The van der Waals surface area contributed by atoms with Crippen LogP contribution in [0.1, 0.15) is 12.0 Å². The topological polar surface area (TPSA) is 110 Å². The second-order valence-corrected chi connectivity index (χ2v) is 15.9. The van der Waals surface area contributed by atoms with Gasteiger partial charge in [-0.25, -0.2) is 18.7 Å². The second kappa shape index (κ2) is 13.9. The molecule has 0 radical (unpaired) electrons. The van der Waals surface area contributed by atoms with Crippen molar-refractivity contribution < 1.29 is 13.9 Å². The average molecular weight is 667 g/mol. The number of aryl methyl sites for hydroxylation is 2. The summed E-state index contributed by atoms with van der Waals surface area (Å²) in [6, 6.07) is 8.18. The third-order valence-electron chi connectivity index (χ3n) is 8.66. The van der Waals surface area contributed by atoms with Crippen LogP contribution in [0.25, 0.3) is 16.9 Å². The molecule has 2 aromatic carbocycles. The lowest BCUT2D eigenvalue weighted by Gasteiger charge is -2.47. The van der Waals surface area contributed by atoms with Crippen molar-refractivity contribution in [2.24, 2.45) is 0 Å². The Balaban J connectivity index is 1.57. The molecule has 0 unspecified atom stereocenters. The van der Waals surface area contributed by atoms with Crippen LogP contribution in [0, 0.1) is 5.82 Å². The van der Waals surface area contributed by atoms with Crippen LogP contribution in [0.15, 0.2) is 54.0 Å². The number of aromatic nitrogens is 4. The van der Waals surface area contributed by atoms with Gasteiger partial charge in [-0.15, -0.1) is 0 Å². The number of halogens is 1. The first-order valence-corrected chi connectivity index (χ1v) is 17.1. The van der Waals surface area contributed by atoms with E-state index in [0.29, 0.717) is 48.0 Å². The highest BCUT2D eigenvalue weighted by Gasteiger charge is 2.31. The van der Waals surface area contributed by atoms with Crippen molar-refractivity contribution in [1.82, 2.24) is 24.0 Å². The predicted molar refractivity (Wildman–Crippen MR) is 226 cm³/mol. The molecule has 11 nitrogen and oxygen atoms in total. The van der Waals surface area contributed by atoms with Crippen molar-refractivity contribution in [1.29, 1.82) is 0 Å². The molecule has 21 heteroatoms. The van der Waals surface area contributed by atoms with E-state index in [1.54, 1.807) is 22.9 Å². The third kappa shape index (κ3) is 8.09. The zero-order chi connectivity index (χ0) is 36.8. The van der Waals surface area contributed by atoms with E-state index in [1.807, 2.05) is 36.7 Å². The minimum atomic E-state index is -0.570. The number of ether oxygens (including phenoxy) is 1. The molecule has 1 amide bonds. The molecule has 1 aliphatic rings. The number of amides is 1. The van der Waals surface area contributed by atoms with E-state index >= 15 is 0 Å². The molecule has 1 aliphatic heterocycles. The first-order valence-electron chi connectivity index (χ1n) is 17.1. The molecule has 2 N–H and O–H groups in total. The summed E-state index contributed by atoms with van der Waals surface area (Å²) in [5, 5.41) is 5.54. The maximum Gasteiger partial charge on any atom is 0.334 e. The summed E-state index contributed by atoms with van der Waals surface area (Å²) in [5.74, 6) is 0.236. The minimum absolute atomic E-state index is 0.0610. The highest BCUT2D eigenvalue weighted by molar-refractivity contribution is 6.63. The molecule has 2 aromatic heterocycles. The number of hydrogen-bond donors (Lipinski definition) is 2. The van der Waals surface area contributed by atoms with E-state index in [0.717, 1.165) is 29.7 Å². The molecule has 0 spiro atoms. The molecular weight excluding hydrogens is 625 g/mol. The van der Waals surface area contributed by atoms with Crippen LogP contribution in [0.4, 0.5) is 27.4 Å². The van der Waals surface area contributed by atoms with Gasteiger partial charge in [0.25, 0.3) is 0 Å². The molecule has 250 valence electrons. The molecule has 0 saturated carbocycles. The Morgan fingerprint density at radius 3 is 2.40 bits per heavy atom. The lowest BCUT2D eigenvalue weighted by molar-refractivity contribution is -0.111. The largest absolute Gasteiger partial charge is 0.511 e. The fourth-order valence-corrected chi connectivity index (χ4v) is 6.87. The molecular formula is C29H42B9FN8O3. The van der Waals surface area contributed by atoms with Gasteiger partial charge < -0.3 is 25.2 Å². The van der Waals surface area contributed by atoms with E-state index in [2.05, 4.69) is 79.1 Å². The standard InChI is InChI=1S/C29H42B9FN8O3/c1-3-23(48)41-17-13-18(21(50-29(36,37)38)14-19(17)44(2)9-10-46(27(30,31)32)28(33,34)35)42-25-40-7-6-22(43-25)47-20-12-16(39)11-15-5-4-8-45(24(15)20)26(47)49/h3,6-7,11-14H,1,4-5,8-10,30-38H2,2H3,(H,41,48)(H,40,42,43). The highest BCUT2D eigenvalue weighted by atomic mass is 19.1. The zero-order valence-corrected chi connectivity index (χ0v) is 31.1. The number of anilines is 4. The van der Waals surface area contributed by atoms with Crippen LogP contribution >= 0.6 is 0 Å². The average Bonchev–Trinajstić information content (AvgIpc) is 3.28. The van der Waals surface area contributed by atoms with Crippen molar-refractivity contribution in [2.75, 3.05) is 35.7 Å². The molecule has 0 bridgehead atoms. The van der Waals surface area contributed by atoms with E-state index in [9.17, 15) is 14.0 Å². The summed E-state index contributed by atoms with van der Waals surface area (Å²) in [6.07, 6.45) is 4.22. The van der Waals surface area contributed by atoms with Gasteiger partial charge in [0.05, 0.1) is 28.1 Å². The number of likely N-dealkylation sites (N-methyl/N-ethyl adjacent to an activating group) is 1. The number of hydrogen-bond acceptors (Lipinski definition) is 8. The van der Waals surface area contributed by atoms with E-state index in [-0.39, 0.29) is 28.0 Å². The molecule has 4 aromatic rings. The predicted octanol–water partition coefficient (Wildman–Crippen LogP) is -5.82. The van der Waals surface area contributed by atoms with E-state index in [4.69, 9.17) is 9.72 Å². The van der Waals surface area contributed by atoms with Gasteiger partial charge in [-0.05, 0) is 36.6 Å². The fourth-order valence-electron chi connectivity index (χ4n) is 6.87. The SMILES string of the molecule is BC(B)(B)Oc1cc(N(C)CCN(C(B)(B)B)C(B)(B)B)c(NC(=O)C=C)cc1Nc1nccc(-n2c(=O)n3c4c(cc(F)cc42)CCC3)n1. The number of carbonyl (C=O) groups excluding carboxylic acids is 1. The van der Waals surface area contributed by atoms with Gasteiger partial charge in [-0.3, -0.25) is 9.36 Å². The van der Waals surface area contributed by atoms with Crippen LogP contribution in [0.3, 0.4) is 0 Å². The van der Waals surface area contributed by atoms with Gasteiger partial charge in [0.1, 0.15) is 88.0 Å². The van der Waals surface area contributed by atoms with Gasteiger partial charge in [0.15, 0.2) is 0 Å². The third-order valence-corrected chi connectivity index (χ3v) is 8.66. The number of imidazole rings is 1. The molecule has 0 fully saturated rings. The number of carbonyl (C=O) groups is 1. The van der Waals surface area contributed by atoms with Gasteiger partial charge in [-0.2, -0.15) is 4.98 Å². The molecule has 50 heavy (non-hydrogen) atoms. The quantitative estimate of drug-likeness (QED) is 0.107. The van der Waals surface area contributed by atoms with Gasteiger partial charge in [0.2, 0.25) is 11.9 Å². The Bertz CT molecular complexity index is 1990. The monoisotopic (exact) mass is 668 g/mol. The van der Waals surface area contributed by atoms with Crippen molar-refractivity contribution in [3.05, 3.63) is 71.0 Å². The van der Waals surface area contributed by atoms with Crippen LogP contribution in [0.5, 0.6) is 5.75 Å². The Morgan fingerprint density at radius 1 is 1.06 bits per heavy atom. The smallest absolute Gasteiger partial charge is 0.334 e. The molecule has 3 heterocycles. The lowest BCUT2D eigenvalue weighted by Crippen LogP contribution is -2.64. The van der Waals surface area contributed by atoms with Gasteiger partial charge in [-0.1, -0.05) is 17.1 Å². The lowest BCUT2D eigenvalue weighted by atomic mass is 9.40. The number of rotatable bonds is 13. The van der Waals surface area contributed by atoms with Crippen LogP contribution < -0.4 is 26.0 Å². The summed E-state index contributed by atoms with van der Waals surface area (Å²) in [5.41, 5.74) is 3.51. The fraction of sp³-hybridized carbons (Fsp3) is 0.310. The Labute approximate surface area is 301 Å². The highest BCUT2D eigenvalue weighted by Crippen LogP contribution is 2.39. The molecule has 0 atom stereocenters. The number of nitrogens with one attached hydrogen (secondary N) is 2. The first-order chi connectivity index (χ1) is 23.3. The molecule has 0 aliphatic carbocycles. The molecule has 5 rings (SSSR count). The Morgan fingerprint density at radius 2 is 1.76 bits per heavy atom. The number of benzene rings is 2. The maximum atomic E-state index is 14.7. The Hall–Kier alpha value is -4.13.